The van der Waals surface area contributed by atoms with Crippen molar-refractivity contribution in [2.75, 3.05) is 20.2 Å². The molecule has 1 atom stereocenters. The van der Waals surface area contributed by atoms with E-state index in [-0.39, 0.29) is 11.8 Å². The predicted molar refractivity (Wildman–Crippen MR) is 59.8 cm³/mol. The molecule has 0 radical (unpaired) electrons. The Hall–Kier alpha value is -2.04. The lowest BCUT2D eigenvalue weighted by molar-refractivity contribution is -0.127. The van der Waals surface area contributed by atoms with Crippen LogP contribution in [0.15, 0.2) is 18.2 Å². The number of nitrogens with one attached hydrogen (secondary N) is 1. The lowest BCUT2D eigenvalue weighted by Gasteiger charge is -2.29. The Morgan fingerprint density at radius 1 is 1.41 bits per heavy atom. The monoisotopic (exact) mass is 232 g/mol. The Labute approximate surface area is 98.4 Å². The van der Waals surface area contributed by atoms with Gasteiger partial charge in [0.15, 0.2) is 0 Å². The fourth-order valence-electron chi connectivity index (χ4n) is 2.44. The van der Waals surface area contributed by atoms with E-state index in [2.05, 4.69) is 5.32 Å². The predicted octanol–water partition coefficient (Wildman–Crippen LogP) is 0.322. The van der Waals surface area contributed by atoms with Crippen LogP contribution in [0.2, 0.25) is 0 Å². The minimum atomic E-state index is -0.461. The van der Waals surface area contributed by atoms with Gasteiger partial charge in [0.05, 0.1) is 7.11 Å². The molecule has 1 aromatic carbocycles. The van der Waals surface area contributed by atoms with Gasteiger partial charge in [-0.25, -0.2) is 0 Å². The van der Waals surface area contributed by atoms with Crippen LogP contribution in [0.25, 0.3) is 0 Å². The van der Waals surface area contributed by atoms with Crippen LogP contribution in [-0.2, 0) is 4.79 Å². The zero-order valence-electron chi connectivity index (χ0n) is 9.40. The molecule has 0 aromatic heterocycles. The van der Waals surface area contributed by atoms with Gasteiger partial charge in [0.2, 0.25) is 5.91 Å². The third-order valence-corrected chi connectivity index (χ3v) is 3.26. The van der Waals surface area contributed by atoms with E-state index in [1.165, 1.54) is 0 Å². The van der Waals surface area contributed by atoms with Crippen LogP contribution in [0.5, 0.6) is 5.75 Å². The number of carbonyl (C=O) groups is 2. The van der Waals surface area contributed by atoms with Gasteiger partial charge in [0.1, 0.15) is 11.8 Å². The number of ether oxygens (including phenoxy) is 1. The van der Waals surface area contributed by atoms with Crippen molar-refractivity contribution in [3.8, 4) is 5.75 Å². The Morgan fingerprint density at radius 3 is 3.00 bits per heavy atom. The first kappa shape index (κ1) is 10.1. The van der Waals surface area contributed by atoms with Crippen LogP contribution in [-0.4, -0.2) is 36.9 Å². The number of benzene rings is 1. The summed E-state index contributed by atoms with van der Waals surface area (Å²) in [5, 5.41) is 2.78. The molecule has 2 heterocycles. The van der Waals surface area contributed by atoms with E-state index in [1.807, 2.05) is 0 Å². The van der Waals surface area contributed by atoms with Gasteiger partial charge in [-0.2, -0.15) is 0 Å². The molecule has 3 rings (SSSR count). The van der Waals surface area contributed by atoms with Crippen molar-refractivity contribution in [3.63, 3.8) is 0 Å². The van der Waals surface area contributed by atoms with Crippen LogP contribution in [0, 0.1) is 0 Å². The van der Waals surface area contributed by atoms with Crippen LogP contribution in [0.3, 0.4) is 0 Å². The number of amides is 2. The van der Waals surface area contributed by atoms with Crippen LogP contribution >= 0.6 is 0 Å². The van der Waals surface area contributed by atoms with Gasteiger partial charge in [-0.05, 0) is 17.7 Å². The van der Waals surface area contributed by atoms with E-state index in [0.717, 1.165) is 5.56 Å². The first-order chi connectivity index (χ1) is 8.22. The highest BCUT2D eigenvalue weighted by Crippen LogP contribution is 2.36. The Balaban J connectivity index is 2.12. The molecule has 5 heteroatoms. The number of fused-ring (bicyclic) bond motifs is 3. The molecule has 88 valence electrons. The van der Waals surface area contributed by atoms with E-state index >= 15 is 0 Å². The molecule has 0 bridgehead atoms. The van der Waals surface area contributed by atoms with Gasteiger partial charge in [-0.1, -0.05) is 6.07 Å². The maximum Gasteiger partial charge on any atom is 0.255 e. The van der Waals surface area contributed by atoms with Gasteiger partial charge in [0, 0.05) is 18.7 Å². The molecular formula is C12H12N2O3. The first-order valence-corrected chi connectivity index (χ1v) is 5.49. The van der Waals surface area contributed by atoms with E-state index in [0.29, 0.717) is 24.4 Å². The molecule has 17 heavy (non-hydrogen) atoms. The normalized spacial score (nSPS) is 21.9. The van der Waals surface area contributed by atoms with Crippen molar-refractivity contribution in [2.24, 2.45) is 0 Å². The van der Waals surface area contributed by atoms with E-state index in [9.17, 15) is 9.59 Å². The maximum atomic E-state index is 12.1. The minimum Gasteiger partial charge on any atom is -0.497 e. The largest absolute Gasteiger partial charge is 0.497 e. The molecule has 1 unspecified atom stereocenters. The standard InChI is InChI=1S/C12H12N2O3/c1-17-7-2-3-8-9(6-7)12(16)14-5-4-13-11(15)10(8)14/h2-3,6,10H,4-5H2,1H3,(H,13,15). The molecule has 5 nitrogen and oxygen atoms in total. The van der Waals surface area contributed by atoms with Crippen molar-refractivity contribution in [1.82, 2.24) is 10.2 Å². The fraction of sp³-hybridized carbons (Fsp3) is 0.333. The number of piperazine rings is 1. The molecule has 0 spiro atoms. The summed E-state index contributed by atoms with van der Waals surface area (Å²) in [5.41, 5.74) is 1.35. The highest BCUT2D eigenvalue weighted by molar-refractivity contribution is 6.05. The van der Waals surface area contributed by atoms with Crippen LogP contribution < -0.4 is 10.1 Å². The summed E-state index contributed by atoms with van der Waals surface area (Å²) < 4.78 is 5.10. The number of hydrogen-bond donors (Lipinski definition) is 1. The van der Waals surface area contributed by atoms with E-state index in [1.54, 1.807) is 30.2 Å². The number of carbonyl (C=O) groups excluding carboxylic acids is 2. The summed E-state index contributed by atoms with van der Waals surface area (Å²) in [6, 6.07) is 4.81. The average molecular weight is 232 g/mol. The number of hydrogen-bond acceptors (Lipinski definition) is 3. The molecular weight excluding hydrogens is 220 g/mol. The molecule has 2 amide bonds. The summed E-state index contributed by atoms with van der Waals surface area (Å²) >= 11 is 0. The quantitative estimate of drug-likeness (QED) is 0.758. The molecule has 0 saturated carbocycles. The second-order valence-electron chi connectivity index (χ2n) is 4.15. The number of methoxy groups -OCH3 is 1. The van der Waals surface area contributed by atoms with Gasteiger partial charge in [-0.15, -0.1) is 0 Å². The third-order valence-electron chi connectivity index (χ3n) is 3.26. The lowest BCUT2D eigenvalue weighted by atomic mass is 10.0. The third kappa shape index (κ3) is 1.32. The van der Waals surface area contributed by atoms with Crippen molar-refractivity contribution < 1.29 is 14.3 Å². The van der Waals surface area contributed by atoms with Crippen molar-refractivity contribution >= 4 is 11.8 Å². The molecule has 1 fully saturated rings. The van der Waals surface area contributed by atoms with Crippen LogP contribution in [0.4, 0.5) is 0 Å². The average Bonchev–Trinajstić information content (AvgIpc) is 2.64. The highest BCUT2D eigenvalue weighted by Gasteiger charge is 2.42. The SMILES string of the molecule is COc1ccc2c(c1)C(=O)N1CCNC(=O)C21. The molecule has 2 aliphatic rings. The van der Waals surface area contributed by atoms with Crippen molar-refractivity contribution in [2.45, 2.75) is 6.04 Å². The second kappa shape index (κ2) is 3.48. The van der Waals surface area contributed by atoms with Crippen molar-refractivity contribution in [1.29, 1.82) is 0 Å². The van der Waals surface area contributed by atoms with Gasteiger partial charge >= 0.3 is 0 Å². The molecule has 1 aromatic rings. The zero-order valence-corrected chi connectivity index (χ0v) is 9.40. The highest BCUT2D eigenvalue weighted by atomic mass is 16.5. The molecule has 1 saturated heterocycles. The summed E-state index contributed by atoms with van der Waals surface area (Å²) in [4.78, 5) is 25.6. The second-order valence-corrected chi connectivity index (χ2v) is 4.15. The van der Waals surface area contributed by atoms with Gasteiger partial charge in [0.25, 0.3) is 5.91 Å². The smallest absolute Gasteiger partial charge is 0.255 e. The summed E-state index contributed by atoms with van der Waals surface area (Å²) in [5.74, 6) is 0.449. The summed E-state index contributed by atoms with van der Waals surface area (Å²) in [7, 11) is 1.56. The van der Waals surface area contributed by atoms with Crippen LogP contribution in [0.1, 0.15) is 22.0 Å². The topological polar surface area (TPSA) is 58.6 Å². The first-order valence-electron chi connectivity index (χ1n) is 5.49. The summed E-state index contributed by atoms with van der Waals surface area (Å²) in [6.45, 7) is 1.08. The van der Waals surface area contributed by atoms with Crippen molar-refractivity contribution in [3.05, 3.63) is 29.3 Å². The molecule has 0 aliphatic carbocycles. The molecule has 2 aliphatic heterocycles. The van der Waals surface area contributed by atoms with Gasteiger partial charge in [-0.3, -0.25) is 9.59 Å². The van der Waals surface area contributed by atoms with Gasteiger partial charge < -0.3 is 15.0 Å². The fourth-order valence-corrected chi connectivity index (χ4v) is 2.44. The minimum absolute atomic E-state index is 0.0845. The van der Waals surface area contributed by atoms with E-state index in [4.69, 9.17) is 4.74 Å². The number of rotatable bonds is 1. The Morgan fingerprint density at radius 2 is 2.24 bits per heavy atom. The molecule has 1 N–H and O–H groups in total. The zero-order chi connectivity index (χ0) is 12.0. The van der Waals surface area contributed by atoms with E-state index < -0.39 is 6.04 Å². The number of nitrogens with zero attached hydrogens (tertiary/aromatic N) is 1. The Bertz CT molecular complexity index is 512. The lowest BCUT2D eigenvalue weighted by Crippen LogP contribution is -2.48. The summed E-state index contributed by atoms with van der Waals surface area (Å²) in [6.07, 6.45) is 0. The Kier molecular flexibility index (Phi) is 2.07. The maximum absolute atomic E-state index is 12.1.